The van der Waals surface area contributed by atoms with Crippen LogP contribution in [0.5, 0.6) is 0 Å². The lowest BCUT2D eigenvalue weighted by Crippen LogP contribution is -2.34. The normalized spacial score (nSPS) is 32.8. The van der Waals surface area contributed by atoms with Gasteiger partial charge in [-0.05, 0) is 24.3 Å². The van der Waals surface area contributed by atoms with Crippen LogP contribution in [0.3, 0.4) is 0 Å². The molecule has 6 heteroatoms. The summed E-state index contributed by atoms with van der Waals surface area (Å²) in [6.45, 7) is 2.47. The van der Waals surface area contributed by atoms with Crippen molar-refractivity contribution in [2.45, 2.75) is 19.8 Å². The third-order valence-electron chi connectivity index (χ3n) is 3.45. The summed E-state index contributed by atoms with van der Waals surface area (Å²) in [7, 11) is 0. The molecular weight excluding hydrogens is 208 g/mol. The monoisotopic (exact) mass is 222 g/mol. The van der Waals surface area contributed by atoms with Crippen molar-refractivity contribution in [2.75, 3.05) is 13.1 Å². The summed E-state index contributed by atoms with van der Waals surface area (Å²) >= 11 is 0. The highest BCUT2D eigenvalue weighted by Gasteiger charge is 2.51. The maximum Gasteiger partial charge on any atom is 0.233 e. The van der Waals surface area contributed by atoms with Crippen molar-refractivity contribution in [3.8, 4) is 0 Å². The Morgan fingerprint density at radius 2 is 1.94 bits per heavy atom. The van der Waals surface area contributed by atoms with Crippen molar-refractivity contribution < 1.29 is 9.59 Å². The van der Waals surface area contributed by atoms with E-state index in [1.54, 1.807) is 0 Å². The molecule has 1 saturated heterocycles. The lowest BCUT2D eigenvalue weighted by Gasteiger charge is -2.15. The van der Waals surface area contributed by atoms with Gasteiger partial charge in [-0.3, -0.25) is 14.5 Å². The van der Waals surface area contributed by atoms with E-state index >= 15 is 0 Å². The lowest BCUT2D eigenvalue weighted by atomic mass is 10.00. The molecule has 2 fully saturated rings. The van der Waals surface area contributed by atoms with Gasteiger partial charge in [-0.25, -0.2) is 0 Å². The molecular formula is C10H14N4O2. The Morgan fingerprint density at radius 1 is 1.38 bits per heavy atom. The number of carbonyl (C=O) groups is 2. The Morgan fingerprint density at radius 3 is 2.44 bits per heavy atom. The van der Waals surface area contributed by atoms with E-state index < -0.39 is 0 Å². The van der Waals surface area contributed by atoms with Gasteiger partial charge < -0.3 is 0 Å². The Balaban J connectivity index is 2.05. The summed E-state index contributed by atoms with van der Waals surface area (Å²) in [5, 5.41) is 3.35. The molecule has 0 bridgehead atoms. The van der Waals surface area contributed by atoms with E-state index in [-0.39, 0.29) is 36.7 Å². The lowest BCUT2D eigenvalue weighted by molar-refractivity contribution is -0.140. The molecule has 2 aliphatic rings. The highest BCUT2D eigenvalue weighted by molar-refractivity contribution is 6.05. The van der Waals surface area contributed by atoms with Gasteiger partial charge in [0.1, 0.15) is 0 Å². The van der Waals surface area contributed by atoms with Gasteiger partial charge in [-0.15, -0.1) is 0 Å². The van der Waals surface area contributed by atoms with Crippen LogP contribution in [-0.4, -0.2) is 29.8 Å². The zero-order chi connectivity index (χ0) is 11.7. The Bertz CT molecular complexity index is 351. The fraction of sp³-hybridized carbons (Fsp3) is 0.800. The van der Waals surface area contributed by atoms with Crippen LogP contribution in [0.15, 0.2) is 5.11 Å². The summed E-state index contributed by atoms with van der Waals surface area (Å²) in [5.41, 5.74) is 8.14. The van der Waals surface area contributed by atoms with Gasteiger partial charge in [0.15, 0.2) is 0 Å². The molecule has 2 unspecified atom stereocenters. The van der Waals surface area contributed by atoms with Gasteiger partial charge in [-0.1, -0.05) is 12.0 Å². The molecule has 0 N–H and O–H groups in total. The zero-order valence-corrected chi connectivity index (χ0v) is 9.17. The third kappa shape index (κ3) is 1.65. The van der Waals surface area contributed by atoms with Crippen LogP contribution in [-0.2, 0) is 9.59 Å². The molecule has 2 amide bonds. The smallest absolute Gasteiger partial charge is 0.233 e. The second-order valence-electron chi connectivity index (χ2n) is 4.57. The SMILES string of the molecule is CC1CC2C(=O)N(CCN=[N+]=[N-])C(=O)C2C1. The number of amides is 2. The molecule has 0 aromatic heterocycles. The number of hydrogen-bond acceptors (Lipinski definition) is 3. The van der Waals surface area contributed by atoms with Crippen molar-refractivity contribution in [3.63, 3.8) is 0 Å². The average molecular weight is 222 g/mol. The minimum absolute atomic E-state index is 0.0764. The quantitative estimate of drug-likeness (QED) is 0.312. The molecule has 0 aromatic rings. The third-order valence-corrected chi connectivity index (χ3v) is 3.45. The summed E-state index contributed by atoms with van der Waals surface area (Å²) in [4.78, 5) is 27.7. The van der Waals surface area contributed by atoms with Gasteiger partial charge >= 0.3 is 0 Å². The topological polar surface area (TPSA) is 86.1 Å². The number of imide groups is 1. The first-order valence-electron chi connectivity index (χ1n) is 5.51. The van der Waals surface area contributed by atoms with Crippen LogP contribution in [0.4, 0.5) is 0 Å². The summed E-state index contributed by atoms with van der Waals surface area (Å²) in [6, 6.07) is 0. The largest absolute Gasteiger partial charge is 0.282 e. The average Bonchev–Trinajstić information content (AvgIpc) is 2.72. The molecule has 16 heavy (non-hydrogen) atoms. The van der Waals surface area contributed by atoms with Gasteiger partial charge in [0.2, 0.25) is 11.8 Å². The van der Waals surface area contributed by atoms with Gasteiger partial charge in [0, 0.05) is 18.0 Å². The van der Waals surface area contributed by atoms with Crippen molar-refractivity contribution in [2.24, 2.45) is 22.9 Å². The first kappa shape index (κ1) is 11.0. The van der Waals surface area contributed by atoms with Crippen LogP contribution in [0.1, 0.15) is 19.8 Å². The van der Waals surface area contributed by atoms with Crippen LogP contribution in [0.2, 0.25) is 0 Å². The Labute approximate surface area is 93.2 Å². The number of carbonyl (C=O) groups excluding carboxylic acids is 2. The maximum atomic E-state index is 11.9. The number of azide groups is 1. The number of rotatable bonds is 3. The molecule has 2 rings (SSSR count). The van der Waals surface area contributed by atoms with Gasteiger partial charge in [0.25, 0.3) is 0 Å². The number of fused-ring (bicyclic) bond motifs is 1. The number of likely N-dealkylation sites (tertiary alicyclic amines) is 1. The highest BCUT2D eigenvalue weighted by atomic mass is 16.2. The number of hydrogen-bond donors (Lipinski definition) is 0. The van der Waals surface area contributed by atoms with Crippen LogP contribution in [0, 0.1) is 17.8 Å². The van der Waals surface area contributed by atoms with Gasteiger partial charge in [0.05, 0.1) is 11.8 Å². The second kappa shape index (κ2) is 4.14. The highest BCUT2D eigenvalue weighted by Crippen LogP contribution is 2.42. The van der Waals surface area contributed by atoms with Crippen LogP contribution in [0.25, 0.3) is 10.4 Å². The van der Waals surface area contributed by atoms with Crippen LogP contribution >= 0.6 is 0 Å². The zero-order valence-electron chi connectivity index (χ0n) is 9.17. The first-order chi connectivity index (χ1) is 7.65. The molecule has 2 atom stereocenters. The minimum Gasteiger partial charge on any atom is -0.282 e. The molecule has 1 heterocycles. The van der Waals surface area contributed by atoms with Crippen molar-refractivity contribution >= 4 is 11.8 Å². The predicted octanol–water partition coefficient (Wildman–Crippen LogP) is 1.33. The molecule has 1 saturated carbocycles. The second-order valence-corrected chi connectivity index (χ2v) is 4.57. The minimum atomic E-state index is -0.117. The fourth-order valence-electron chi connectivity index (χ4n) is 2.76. The Hall–Kier alpha value is -1.55. The summed E-state index contributed by atoms with van der Waals surface area (Å²) in [6.07, 6.45) is 1.63. The molecule has 0 aromatic carbocycles. The summed E-state index contributed by atoms with van der Waals surface area (Å²) < 4.78 is 0. The Kier molecular flexibility index (Phi) is 2.83. The van der Waals surface area contributed by atoms with E-state index in [0.29, 0.717) is 5.92 Å². The first-order valence-corrected chi connectivity index (χ1v) is 5.51. The van der Waals surface area contributed by atoms with Crippen molar-refractivity contribution in [3.05, 3.63) is 10.4 Å². The van der Waals surface area contributed by atoms with Crippen LogP contribution < -0.4 is 0 Å². The molecule has 0 radical (unpaired) electrons. The van der Waals surface area contributed by atoms with E-state index in [1.807, 2.05) is 0 Å². The van der Waals surface area contributed by atoms with E-state index in [9.17, 15) is 9.59 Å². The van der Waals surface area contributed by atoms with Crippen molar-refractivity contribution in [1.29, 1.82) is 0 Å². The molecule has 0 spiro atoms. The van der Waals surface area contributed by atoms with E-state index in [2.05, 4.69) is 16.9 Å². The molecule has 1 aliphatic carbocycles. The van der Waals surface area contributed by atoms with Crippen molar-refractivity contribution in [1.82, 2.24) is 4.90 Å². The predicted molar refractivity (Wildman–Crippen MR) is 56.1 cm³/mol. The summed E-state index contributed by atoms with van der Waals surface area (Å²) in [5.74, 6) is 0.0734. The number of nitrogens with zero attached hydrogens (tertiary/aromatic N) is 4. The molecule has 1 aliphatic heterocycles. The standard InChI is InChI=1S/C10H14N4O2/c1-6-4-7-8(5-6)10(16)14(9(7)15)3-2-12-13-11/h6-8H,2-5H2,1H3. The van der Waals surface area contributed by atoms with E-state index in [0.717, 1.165) is 12.8 Å². The molecule has 6 nitrogen and oxygen atoms in total. The van der Waals surface area contributed by atoms with E-state index in [1.165, 1.54) is 4.90 Å². The maximum absolute atomic E-state index is 11.9. The van der Waals surface area contributed by atoms with E-state index in [4.69, 9.17) is 5.53 Å². The molecule has 86 valence electrons. The fourth-order valence-corrected chi connectivity index (χ4v) is 2.76. The van der Waals surface area contributed by atoms with Gasteiger partial charge in [-0.2, -0.15) is 0 Å².